The molecule has 5 heteroatoms. The number of rotatable bonds is 2. The number of ether oxygens (including phenoxy) is 1. The van der Waals surface area contributed by atoms with Crippen molar-refractivity contribution < 1.29 is 13.5 Å². The third-order valence-corrected chi connectivity index (χ3v) is 0.762. The third kappa shape index (κ3) is 1.93. The highest BCUT2D eigenvalue weighted by molar-refractivity contribution is 5.09. The average molecular weight is 146 g/mol. The molecule has 0 spiro atoms. The van der Waals surface area contributed by atoms with E-state index in [1.807, 2.05) is 0 Å². The molecule has 0 fully saturated rings. The fourth-order valence-corrected chi connectivity index (χ4v) is 0.449. The van der Waals surface area contributed by atoms with Gasteiger partial charge in [0.25, 0.3) is 0 Å². The van der Waals surface area contributed by atoms with Crippen LogP contribution in [0.4, 0.5) is 8.78 Å². The van der Waals surface area contributed by atoms with Crippen molar-refractivity contribution in [3.05, 3.63) is 18.7 Å². The number of hydrogen-bond donors (Lipinski definition) is 0. The largest absolute Gasteiger partial charge is 0.432 e. The SMILES string of the molecule is FC(F)Oc1cncnc1. The van der Waals surface area contributed by atoms with E-state index in [0.717, 1.165) is 0 Å². The Kier molecular flexibility index (Phi) is 2.09. The molecule has 0 N–H and O–H groups in total. The Labute approximate surface area is 55.7 Å². The van der Waals surface area contributed by atoms with Crippen LogP contribution in [0.25, 0.3) is 0 Å². The Morgan fingerprint density at radius 1 is 1.30 bits per heavy atom. The normalized spacial score (nSPS) is 9.90. The highest BCUT2D eigenvalue weighted by atomic mass is 19.3. The van der Waals surface area contributed by atoms with Gasteiger partial charge in [-0.15, -0.1) is 0 Å². The van der Waals surface area contributed by atoms with Gasteiger partial charge in [0.1, 0.15) is 6.33 Å². The minimum atomic E-state index is -2.81. The molecule has 0 bridgehead atoms. The zero-order chi connectivity index (χ0) is 7.40. The maximum absolute atomic E-state index is 11.4. The summed E-state index contributed by atoms with van der Waals surface area (Å²) >= 11 is 0. The van der Waals surface area contributed by atoms with E-state index < -0.39 is 6.61 Å². The molecule has 1 heterocycles. The average Bonchev–Trinajstić information content (AvgIpc) is 1.88. The van der Waals surface area contributed by atoms with Gasteiger partial charge in [0.15, 0.2) is 5.75 Å². The van der Waals surface area contributed by atoms with E-state index in [4.69, 9.17) is 0 Å². The van der Waals surface area contributed by atoms with Crippen LogP contribution in [0.3, 0.4) is 0 Å². The predicted molar refractivity (Wildman–Crippen MR) is 28.7 cm³/mol. The number of aromatic nitrogens is 2. The molecule has 0 atom stereocenters. The summed E-state index contributed by atoms with van der Waals surface area (Å²) in [5, 5.41) is 0. The topological polar surface area (TPSA) is 35.0 Å². The van der Waals surface area contributed by atoms with E-state index in [-0.39, 0.29) is 5.75 Å². The summed E-state index contributed by atoms with van der Waals surface area (Å²) < 4.78 is 26.8. The van der Waals surface area contributed by atoms with Crippen LogP contribution in [0.5, 0.6) is 5.75 Å². The molecule has 1 aromatic heterocycles. The maximum atomic E-state index is 11.4. The van der Waals surface area contributed by atoms with Gasteiger partial charge in [-0.3, -0.25) is 0 Å². The summed E-state index contributed by atoms with van der Waals surface area (Å²) in [6.07, 6.45) is 3.57. The maximum Gasteiger partial charge on any atom is 0.387 e. The van der Waals surface area contributed by atoms with Crippen LogP contribution in [-0.2, 0) is 0 Å². The van der Waals surface area contributed by atoms with Gasteiger partial charge < -0.3 is 4.74 Å². The van der Waals surface area contributed by atoms with Crippen LogP contribution in [0.2, 0.25) is 0 Å². The quantitative estimate of drug-likeness (QED) is 0.626. The van der Waals surface area contributed by atoms with E-state index in [1.54, 1.807) is 0 Å². The summed E-state index contributed by atoms with van der Waals surface area (Å²) in [5.74, 6) is -0.0301. The molecule has 0 aliphatic rings. The number of hydrogen-bond acceptors (Lipinski definition) is 3. The van der Waals surface area contributed by atoms with Crippen molar-refractivity contribution in [1.29, 1.82) is 0 Å². The Morgan fingerprint density at radius 3 is 2.40 bits per heavy atom. The van der Waals surface area contributed by atoms with Gasteiger partial charge in [-0.25, -0.2) is 9.97 Å². The first-order valence-corrected chi connectivity index (χ1v) is 2.49. The summed E-state index contributed by atoms with van der Waals surface area (Å²) in [6, 6.07) is 0. The van der Waals surface area contributed by atoms with Crippen molar-refractivity contribution in [3.8, 4) is 5.75 Å². The van der Waals surface area contributed by atoms with Crippen molar-refractivity contribution >= 4 is 0 Å². The van der Waals surface area contributed by atoms with Crippen LogP contribution >= 0.6 is 0 Å². The van der Waals surface area contributed by atoms with Crippen LogP contribution in [0.15, 0.2) is 18.7 Å². The number of nitrogens with zero attached hydrogens (tertiary/aromatic N) is 2. The lowest BCUT2D eigenvalue weighted by Gasteiger charge is -2.00. The zero-order valence-corrected chi connectivity index (χ0v) is 4.87. The number of alkyl halides is 2. The standard InChI is InChI=1S/C5H4F2N2O/c6-5(7)10-4-1-8-3-9-2-4/h1-3,5H. The van der Waals surface area contributed by atoms with Crippen LogP contribution in [0, 0.1) is 0 Å². The first-order valence-electron chi connectivity index (χ1n) is 2.49. The summed E-state index contributed by atoms with van der Waals surface area (Å²) in [7, 11) is 0. The molecule has 0 amide bonds. The molecule has 1 aromatic rings. The molecule has 0 unspecified atom stereocenters. The van der Waals surface area contributed by atoms with E-state index in [0.29, 0.717) is 0 Å². The van der Waals surface area contributed by atoms with Gasteiger partial charge in [0, 0.05) is 0 Å². The van der Waals surface area contributed by atoms with Gasteiger partial charge in [-0.2, -0.15) is 8.78 Å². The Hall–Kier alpha value is -1.26. The second kappa shape index (κ2) is 3.05. The molecule has 3 nitrogen and oxygen atoms in total. The van der Waals surface area contributed by atoms with Gasteiger partial charge in [0.2, 0.25) is 0 Å². The van der Waals surface area contributed by atoms with Crippen molar-refractivity contribution in [2.75, 3.05) is 0 Å². The summed E-state index contributed by atoms with van der Waals surface area (Å²) in [4.78, 5) is 6.94. The molecule has 10 heavy (non-hydrogen) atoms. The van der Waals surface area contributed by atoms with Crippen molar-refractivity contribution in [1.82, 2.24) is 9.97 Å². The van der Waals surface area contributed by atoms with E-state index in [1.165, 1.54) is 18.7 Å². The lowest BCUT2D eigenvalue weighted by Crippen LogP contribution is -2.02. The summed E-state index contributed by atoms with van der Waals surface area (Å²) in [5.41, 5.74) is 0. The van der Waals surface area contributed by atoms with Crippen molar-refractivity contribution in [2.24, 2.45) is 0 Å². The van der Waals surface area contributed by atoms with Gasteiger partial charge in [-0.05, 0) is 0 Å². The van der Waals surface area contributed by atoms with Crippen LogP contribution < -0.4 is 4.74 Å². The first-order chi connectivity index (χ1) is 4.79. The second-order valence-corrected chi connectivity index (χ2v) is 1.45. The molecule has 0 saturated carbocycles. The van der Waals surface area contributed by atoms with Crippen LogP contribution in [0.1, 0.15) is 0 Å². The second-order valence-electron chi connectivity index (χ2n) is 1.45. The molecule has 1 rings (SSSR count). The fraction of sp³-hybridized carbons (Fsp3) is 0.200. The lowest BCUT2D eigenvalue weighted by atomic mass is 10.6. The lowest BCUT2D eigenvalue weighted by molar-refractivity contribution is -0.0503. The minimum absolute atomic E-state index is 0.0301. The predicted octanol–water partition coefficient (Wildman–Crippen LogP) is 1.08. The Bertz CT molecular complexity index is 192. The highest BCUT2D eigenvalue weighted by Crippen LogP contribution is 2.07. The fourth-order valence-electron chi connectivity index (χ4n) is 0.449. The van der Waals surface area contributed by atoms with Crippen LogP contribution in [-0.4, -0.2) is 16.6 Å². The van der Waals surface area contributed by atoms with Gasteiger partial charge in [0.05, 0.1) is 12.4 Å². The molecule has 0 aliphatic heterocycles. The molecule has 0 aromatic carbocycles. The summed E-state index contributed by atoms with van der Waals surface area (Å²) in [6.45, 7) is -2.81. The highest BCUT2D eigenvalue weighted by Gasteiger charge is 2.02. The molecule has 0 saturated heterocycles. The number of halogens is 2. The van der Waals surface area contributed by atoms with Crippen molar-refractivity contribution in [3.63, 3.8) is 0 Å². The molecule has 54 valence electrons. The third-order valence-electron chi connectivity index (χ3n) is 0.762. The van der Waals surface area contributed by atoms with Crippen molar-refractivity contribution in [2.45, 2.75) is 6.61 Å². The molecule has 0 radical (unpaired) electrons. The van der Waals surface area contributed by atoms with Gasteiger partial charge in [-0.1, -0.05) is 0 Å². The molecule has 0 aliphatic carbocycles. The van der Waals surface area contributed by atoms with E-state index >= 15 is 0 Å². The van der Waals surface area contributed by atoms with E-state index in [9.17, 15) is 8.78 Å². The zero-order valence-electron chi connectivity index (χ0n) is 4.87. The first kappa shape index (κ1) is 6.85. The molecular weight excluding hydrogens is 142 g/mol. The Morgan fingerprint density at radius 2 is 1.90 bits per heavy atom. The van der Waals surface area contributed by atoms with E-state index in [2.05, 4.69) is 14.7 Å². The smallest absolute Gasteiger partial charge is 0.387 e. The Balaban J connectivity index is 2.59. The monoisotopic (exact) mass is 146 g/mol. The van der Waals surface area contributed by atoms with Gasteiger partial charge >= 0.3 is 6.61 Å². The molecular formula is C5H4F2N2O. The minimum Gasteiger partial charge on any atom is -0.432 e.